The van der Waals surface area contributed by atoms with Crippen molar-refractivity contribution in [1.29, 1.82) is 0 Å². The summed E-state index contributed by atoms with van der Waals surface area (Å²) in [7, 11) is 0. The van der Waals surface area contributed by atoms with E-state index in [2.05, 4.69) is 15.0 Å². The second kappa shape index (κ2) is 2.51. The molecule has 1 N–H and O–H groups in total. The van der Waals surface area contributed by atoms with Crippen molar-refractivity contribution < 1.29 is 4.39 Å². The van der Waals surface area contributed by atoms with Gasteiger partial charge in [0.2, 0.25) is 0 Å². The van der Waals surface area contributed by atoms with Crippen LogP contribution in [0.2, 0.25) is 0 Å². The van der Waals surface area contributed by atoms with Gasteiger partial charge in [-0.1, -0.05) is 6.07 Å². The molecule has 0 bridgehead atoms. The van der Waals surface area contributed by atoms with Crippen LogP contribution in [0.1, 0.15) is 0 Å². The number of hydrogen-bond donors (Lipinski definition) is 1. The van der Waals surface area contributed by atoms with Crippen molar-refractivity contribution >= 4 is 21.9 Å². The third-order valence-electron chi connectivity index (χ3n) is 2.23. The summed E-state index contributed by atoms with van der Waals surface area (Å²) < 4.78 is 13.0. The fourth-order valence-corrected chi connectivity index (χ4v) is 1.57. The Morgan fingerprint density at radius 3 is 2.86 bits per heavy atom. The van der Waals surface area contributed by atoms with Gasteiger partial charge in [-0.05, 0) is 18.2 Å². The van der Waals surface area contributed by atoms with Crippen LogP contribution in [0.3, 0.4) is 0 Å². The molecule has 1 aromatic carbocycles. The van der Waals surface area contributed by atoms with Gasteiger partial charge in [0.05, 0.1) is 11.0 Å². The summed E-state index contributed by atoms with van der Waals surface area (Å²) in [6, 6.07) is 6.87. The van der Waals surface area contributed by atoms with E-state index < -0.39 is 0 Å². The number of fused-ring (bicyclic) bond motifs is 3. The molecule has 0 unspecified atom stereocenters. The number of pyridine rings is 1. The molecular formula is C10H6FN3. The standard InChI is InChI=1S/C10H6FN3/c11-8-4-2-6-1-3-7-10(9(6)14-8)13-5-12-7/h1-5,14H. The number of halogens is 1. The fourth-order valence-electron chi connectivity index (χ4n) is 1.57. The molecule has 68 valence electrons. The van der Waals surface area contributed by atoms with Crippen LogP contribution in [0.5, 0.6) is 0 Å². The summed E-state index contributed by atoms with van der Waals surface area (Å²) >= 11 is 0. The zero-order valence-corrected chi connectivity index (χ0v) is 7.16. The van der Waals surface area contributed by atoms with Gasteiger partial charge < -0.3 is 4.98 Å². The van der Waals surface area contributed by atoms with Gasteiger partial charge in [0.1, 0.15) is 11.8 Å². The van der Waals surface area contributed by atoms with Crippen molar-refractivity contribution in [2.75, 3.05) is 0 Å². The lowest BCUT2D eigenvalue weighted by Gasteiger charge is -1.98. The van der Waals surface area contributed by atoms with Crippen molar-refractivity contribution in [2.24, 2.45) is 0 Å². The predicted octanol–water partition coefficient (Wildman–Crippen LogP) is 2.25. The summed E-state index contributed by atoms with van der Waals surface area (Å²) in [5, 5.41) is 0.930. The highest BCUT2D eigenvalue weighted by Crippen LogP contribution is 2.20. The highest BCUT2D eigenvalue weighted by atomic mass is 19.1. The summed E-state index contributed by atoms with van der Waals surface area (Å²) in [5.74, 6) is -0.368. The number of benzene rings is 1. The van der Waals surface area contributed by atoms with Crippen LogP contribution in [0.4, 0.5) is 4.39 Å². The number of imidazole rings is 1. The fraction of sp³-hybridized carbons (Fsp3) is 0. The van der Waals surface area contributed by atoms with Gasteiger partial charge in [0.15, 0.2) is 5.95 Å². The minimum absolute atomic E-state index is 0.368. The van der Waals surface area contributed by atoms with Crippen molar-refractivity contribution in [3.05, 3.63) is 36.5 Å². The lowest BCUT2D eigenvalue weighted by molar-refractivity contribution is 0.589. The molecule has 0 aliphatic rings. The highest BCUT2D eigenvalue weighted by Gasteiger charge is 2.03. The quantitative estimate of drug-likeness (QED) is 0.548. The zero-order valence-electron chi connectivity index (χ0n) is 7.16. The zero-order chi connectivity index (χ0) is 9.54. The molecule has 0 atom stereocenters. The van der Waals surface area contributed by atoms with Crippen LogP contribution in [-0.2, 0) is 0 Å². The monoisotopic (exact) mass is 187 g/mol. The van der Waals surface area contributed by atoms with E-state index in [-0.39, 0.29) is 5.95 Å². The van der Waals surface area contributed by atoms with Crippen LogP contribution in [0, 0.1) is 5.95 Å². The Labute approximate surface area is 78.6 Å². The van der Waals surface area contributed by atoms with Gasteiger partial charge in [-0.2, -0.15) is 4.39 Å². The molecule has 0 fully saturated rings. The van der Waals surface area contributed by atoms with E-state index in [0.717, 1.165) is 10.9 Å². The van der Waals surface area contributed by atoms with E-state index in [4.69, 9.17) is 0 Å². The third kappa shape index (κ3) is 0.907. The Morgan fingerprint density at radius 1 is 1.07 bits per heavy atom. The largest absolute Gasteiger partial charge is 0.330 e. The molecule has 3 aromatic rings. The van der Waals surface area contributed by atoms with Gasteiger partial charge >= 0.3 is 0 Å². The number of H-pyrrole nitrogens is 1. The maximum Gasteiger partial charge on any atom is 0.191 e. The first kappa shape index (κ1) is 7.44. The molecule has 14 heavy (non-hydrogen) atoms. The van der Waals surface area contributed by atoms with Crippen molar-refractivity contribution in [3.8, 4) is 0 Å². The minimum Gasteiger partial charge on any atom is -0.330 e. The van der Waals surface area contributed by atoms with Gasteiger partial charge in [0.25, 0.3) is 0 Å². The average molecular weight is 187 g/mol. The predicted molar refractivity (Wildman–Crippen MR) is 51.4 cm³/mol. The van der Waals surface area contributed by atoms with E-state index in [1.165, 1.54) is 12.4 Å². The smallest absolute Gasteiger partial charge is 0.191 e. The van der Waals surface area contributed by atoms with Crippen molar-refractivity contribution in [3.63, 3.8) is 0 Å². The molecule has 2 aromatic heterocycles. The van der Waals surface area contributed by atoms with Gasteiger partial charge in [0, 0.05) is 5.39 Å². The number of aromatic amines is 1. The Morgan fingerprint density at radius 2 is 1.93 bits per heavy atom. The summed E-state index contributed by atoms with van der Waals surface area (Å²) in [6.07, 6.45) is 1.48. The minimum atomic E-state index is -0.368. The second-order valence-corrected chi connectivity index (χ2v) is 3.08. The molecule has 0 aliphatic heterocycles. The summed E-state index contributed by atoms with van der Waals surface area (Å²) in [5.41, 5.74) is 2.18. The Hall–Kier alpha value is -1.97. The van der Waals surface area contributed by atoms with Gasteiger partial charge in [-0.25, -0.2) is 9.97 Å². The first-order chi connectivity index (χ1) is 6.84. The van der Waals surface area contributed by atoms with Crippen LogP contribution < -0.4 is 0 Å². The van der Waals surface area contributed by atoms with Crippen molar-refractivity contribution in [1.82, 2.24) is 15.0 Å². The van der Waals surface area contributed by atoms with Crippen LogP contribution in [0.15, 0.2) is 30.6 Å². The van der Waals surface area contributed by atoms with Gasteiger partial charge in [-0.15, -0.1) is 0 Å². The molecule has 3 nitrogen and oxygen atoms in total. The number of hydrogen-bond acceptors (Lipinski definition) is 2. The molecule has 0 aliphatic carbocycles. The lowest BCUT2D eigenvalue weighted by Crippen LogP contribution is -1.85. The first-order valence-corrected chi connectivity index (χ1v) is 4.22. The summed E-state index contributed by atoms with van der Waals surface area (Å²) in [4.78, 5) is 10.8. The topological polar surface area (TPSA) is 41.6 Å². The van der Waals surface area contributed by atoms with Crippen LogP contribution >= 0.6 is 0 Å². The maximum absolute atomic E-state index is 13.0. The van der Waals surface area contributed by atoms with Crippen molar-refractivity contribution in [2.45, 2.75) is 0 Å². The number of nitrogens with zero attached hydrogens (tertiary/aromatic N) is 2. The molecular weight excluding hydrogens is 181 g/mol. The lowest BCUT2D eigenvalue weighted by atomic mass is 10.2. The van der Waals surface area contributed by atoms with Crippen LogP contribution in [0.25, 0.3) is 21.9 Å². The molecule has 3 rings (SSSR count). The molecule has 0 saturated carbocycles. The van der Waals surface area contributed by atoms with E-state index in [0.29, 0.717) is 11.0 Å². The molecule has 0 amide bonds. The Balaban J connectivity index is 2.60. The normalized spacial score (nSPS) is 11.2. The van der Waals surface area contributed by atoms with E-state index in [1.54, 1.807) is 6.07 Å². The first-order valence-electron chi connectivity index (χ1n) is 4.22. The maximum atomic E-state index is 13.0. The number of rotatable bonds is 0. The highest BCUT2D eigenvalue weighted by molar-refractivity contribution is 6.01. The molecule has 4 heteroatoms. The average Bonchev–Trinajstić information content (AvgIpc) is 2.65. The SMILES string of the molecule is Fc1ccc2ccc3ncnc3c2[nH]1. The van der Waals surface area contributed by atoms with E-state index in [9.17, 15) is 4.39 Å². The molecule has 0 spiro atoms. The number of aromatic nitrogens is 3. The van der Waals surface area contributed by atoms with Crippen LogP contribution in [-0.4, -0.2) is 15.0 Å². The van der Waals surface area contributed by atoms with E-state index >= 15 is 0 Å². The van der Waals surface area contributed by atoms with E-state index in [1.807, 2.05) is 12.1 Å². The van der Waals surface area contributed by atoms with Gasteiger partial charge in [-0.3, -0.25) is 0 Å². The summed E-state index contributed by atoms with van der Waals surface area (Å²) in [6.45, 7) is 0. The Bertz CT molecular complexity index is 615. The second-order valence-electron chi connectivity index (χ2n) is 3.08. The number of nitrogens with one attached hydrogen (secondary N) is 1. The third-order valence-corrected chi connectivity index (χ3v) is 2.23. The molecule has 0 saturated heterocycles. The Kier molecular flexibility index (Phi) is 1.33. The molecule has 0 radical (unpaired) electrons. The molecule has 2 heterocycles.